The number of thiophene rings is 1. The molecule has 0 aliphatic carbocycles. The Balaban J connectivity index is 1.55. The summed E-state index contributed by atoms with van der Waals surface area (Å²) in [5.74, 6) is -0.245. The number of carbonyl (C=O) groups is 3. The first kappa shape index (κ1) is 22.8. The number of para-hydroxylation sites is 1. The van der Waals surface area contributed by atoms with Crippen LogP contribution in [-0.4, -0.2) is 30.4 Å². The van der Waals surface area contributed by atoms with Gasteiger partial charge in [-0.15, -0.1) is 0 Å². The Labute approximate surface area is 189 Å². The van der Waals surface area contributed by atoms with Crippen LogP contribution in [-0.2, 0) is 4.79 Å². The van der Waals surface area contributed by atoms with E-state index in [4.69, 9.17) is 9.47 Å². The van der Waals surface area contributed by atoms with E-state index in [-0.39, 0.29) is 11.5 Å². The lowest BCUT2D eigenvalue weighted by Crippen LogP contribution is -2.47. The summed E-state index contributed by atoms with van der Waals surface area (Å²) in [5, 5.41) is 6.21. The van der Waals surface area contributed by atoms with Gasteiger partial charge >= 0.3 is 0 Å². The average Bonchev–Trinajstić information content (AvgIpc) is 3.34. The topological polar surface area (TPSA) is 106 Å². The Morgan fingerprint density at radius 2 is 1.66 bits per heavy atom. The van der Waals surface area contributed by atoms with Gasteiger partial charge in [-0.05, 0) is 61.7 Å². The lowest BCUT2D eigenvalue weighted by Gasteiger charge is -2.16. The zero-order valence-electron chi connectivity index (χ0n) is 17.6. The highest BCUT2D eigenvalue weighted by atomic mass is 32.1. The van der Waals surface area contributed by atoms with Crippen molar-refractivity contribution in [1.29, 1.82) is 0 Å². The quantitative estimate of drug-likeness (QED) is 0.452. The van der Waals surface area contributed by atoms with E-state index in [2.05, 4.69) is 16.2 Å². The highest BCUT2D eigenvalue weighted by molar-refractivity contribution is 7.08. The molecule has 2 aromatic carbocycles. The van der Waals surface area contributed by atoms with E-state index in [1.807, 2.05) is 6.92 Å². The van der Waals surface area contributed by atoms with Crippen LogP contribution in [0.5, 0.6) is 11.5 Å². The van der Waals surface area contributed by atoms with Gasteiger partial charge in [-0.25, -0.2) is 0 Å². The van der Waals surface area contributed by atoms with Crippen LogP contribution in [0.3, 0.4) is 0 Å². The summed E-state index contributed by atoms with van der Waals surface area (Å²) in [6.45, 7) is 4.01. The van der Waals surface area contributed by atoms with E-state index in [9.17, 15) is 14.4 Å². The Morgan fingerprint density at radius 3 is 2.34 bits per heavy atom. The fourth-order valence-corrected chi connectivity index (χ4v) is 3.34. The molecule has 166 valence electrons. The van der Waals surface area contributed by atoms with Gasteiger partial charge in [0, 0.05) is 5.38 Å². The third-order valence-corrected chi connectivity index (χ3v) is 5.00. The fraction of sp³-hybridized carbons (Fsp3) is 0.174. The van der Waals surface area contributed by atoms with Gasteiger partial charge in [-0.3, -0.25) is 25.2 Å². The number of hydrogen-bond donors (Lipinski definition) is 3. The second-order valence-electron chi connectivity index (χ2n) is 6.62. The molecule has 1 atom stereocenters. The maximum atomic E-state index is 12.6. The predicted octanol–water partition coefficient (Wildman–Crippen LogP) is 3.63. The van der Waals surface area contributed by atoms with Crippen molar-refractivity contribution in [1.82, 2.24) is 10.9 Å². The smallest absolute Gasteiger partial charge is 0.279 e. The third kappa shape index (κ3) is 6.08. The van der Waals surface area contributed by atoms with E-state index in [1.54, 1.807) is 72.3 Å². The highest BCUT2D eigenvalue weighted by Crippen LogP contribution is 2.19. The van der Waals surface area contributed by atoms with Gasteiger partial charge in [-0.1, -0.05) is 12.1 Å². The molecule has 0 fully saturated rings. The number of carbonyl (C=O) groups excluding carboxylic acids is 3. The van der Waals surface area contributed by atoms with Gasteiger partial charge in [-0.2, -0.15) is 11.3 Å². The van der Waals surface area contributed by atoms with Crippen LogP contribution in [0, 0.1) is 0 Å². The molecular weight excluding hydrogens is 430 g/mol. The van der Waals surface area contributed by atoms with Crippen molar-refractivity contribution in [2.24, 2.45) is 0 Å². The first-order chi connectivity index (χ1) is 15.5. The lowest BCUT2D eigenvalue weighted by molar-refractivity contribution is -0.128. The maximum absolute atomic E-state index is 12.6. The van der Waals surface area contributed by atoms with Gasteiger partial charge in [0.05, 0.1) is 23.4 Å². The van der Waals surface area contributed by atoms with E-state index in [1.165, 1.54) is 11.3 Å². The number of benzene rings is 2. The standard InChI is InChI=1S/C23H23N3O5S/c1-3-30-17-8-10-18(11-9-17)31-15(2)21(27)25-26-23(29)19-6-4-5-7-20(19)24-22(28)16-12-13-32-14-16/h4-15H,3H2,1-2H3,(H,24,28)(H,25,27)(H,26,29). The second kappa shape index (κ2) is 11.0. The fourth-order valence-electron chi connectivity index (χ4n) is 2.70. The predicted molar refractivity (Wildman–Crippen MR) is 122 cm³/mol. The highest BCUT2D eigenvalue weighted by Gasteiger charge is 2.18. The van der Waals surface area contributed by atoms with Crippen LogP contribution in [0.2, 0.25) is 0 Å². The SMILES string of the molecule is CCOc1ccc(OC(C)C(=O)NNC(=O)c2ccccc2NC(=O)c2ccsc2)cc1. The molecule has 32 heavy (non-hydrogen) atoms. The zero-order chi connectivity index (χ0) is 22.9. The summed E-state index contributed by atoms with van der Waals surface area (Å²) in [4.78, 5) is 37.2. The van der Waals surface area contributed by atoms with Crippen LogP contribution in [0.4, 0.5) is 5.69 Å². The molecule has 0 aliphatic heterocycles. The van der Waals surface area contributed by atoms with Crippen molar-refractivity contribution in [2.45, 2.75) is 20.0 Å². The number of hydrogen-bond acceptors (Lipinski definition) is 6. The lowest BCUT2D eigenvalue weighted by atomic mass is 10.1. The van der Waals surface area contributed by atoms with Gasteiger partial charge in [0.15, 0.2) is 6.10 Å². The molecule has 3 N–H and O–H groups in total. The molecule has 3 aromatic rings. The van der Waals surface area contributed by atoms with Crippen molar-refractivity contribution in [3.05, 3.63) is 76.5 Å². The van der Waals surface area contributed by atoms with E-state index >= 15 is 0 Å². The summed E-state index contributed by atoms with van der Waals surface area (Å²) in [6.07, 6.45) is -0.859. The molecule has 0 spiro atoms. The monoisotopic (exact) mass is 453 g/mol. The minimum Gasteiger partial charge on any atom is -0.494 e. The van der Waals surface area contributed by atoms with Crippen molar-refractivity contribution in [3.8, 4) is 11.5 Å². The number of hydrazine groups is 1. The number of anilines is 1. The van der Waals surface area contributed by atoms with Crippen molar-refractivity contribution in [3.63, 3.8) is 0 Å². The molecule has 0 bridgehead atoms. The first-order valence-electron chi connectivity index (χ1n) is 9.90. The average molecular weight is 454 g/mol. The molecule has 1 aromatic heterocycles. The van der Waals surface area contributed by atoms with Gasteiger partial charge in [0.2, 0.25) is 0 Å². The second-order valence-corrected chi connectivity index (χ2v) is 7.40. The van der Waals surface area contributed by atoms with Gasteiger partial charge < -0.3 is 14.8 Å². The van der Waals surface area contributed by atoms with E-state index < -0.39 is 17.9 Å². The number of amides is 3. The minimum absolute atomic E-state index is 0.205. The largest absolute Gasteiger partial charge is 0.494 e. The third-order valence-electron chi connectivity index (χ3n) is 4.32. The van der Waals surface area contributed by atoms with Crippen LogP contribution in [0.25, 0.3) is 0 Å². The molecule has 3 amide bonds. The molecule has 9 heteroatoms. The van der Waals surface area contributed by atoms with Crippen LogP contribution < -0.4 is 25.6 Å². The molecule has 8 nitrogen and oxygen atoms in total. The Hall–Kier alpha value is -3.85. The summed E-state index contributed by atoms with van der Waals surface area (Å²) in [5.41, 5.74) is 5.73. The number of nitrogens with one attached hydrogen (secondary N) is 3. The first-order valence-corrected chi connectivity index (χ1v) is 10.8. The van der Waals surface area contributed by atoms with Crippen molar-refractivity contribution >= 4 is 34.7 Å². The minimum atomic E-state index is -0.859. The Bertz CT molecular complexity index is 1070. The molecule has 3 rings (SSSR count). The summed E-state index contributed by atoms with van der Waals surface area (Å²) in [7, 11) is 0. The Kier molecular flexibility index (Phi) is 7.82. The zero-order valence-corrected chi connectivity index (χ0v) is 18.4. The van der Waals surface area contributed by atoms with Crippen LogP contribution >= 0.6 is 11.3 Å². The van der Waals surface area contributed by atoms with Crippen LogP contribution in [0.15, 0.2) is 65.4 Å². The van der Waals surface area contributed by atoms with E-state index in [0.29, 0.717) is 29.4 Å². The number of ether oxygens (including phenoxy) is 2. The van der Waals surface area contributed by atoms with Crippen molar-refractivity contribution in [2.75, 3.05) is 11.9 Å². The molecule has 0 radical (unpaired) electrons. The summed E-state index contributed by atoms with van der Waals surface area (Å²) < 4.78 is 11.0. The molecule has 0 saturated heterocycles. The number of rotatable bonds is 8. The summed E-state index contributed by atoms with van der Waals surface area (Å²) >= 11 is 1.40. The van der Waals surface area contributed by atoms with Gasteiger partial charge in [0.25, 0.3) is 17.7 Å². The molecular formula is C23H23N3O5S. The Morgan fingerprint density at radius 1 is 0.938 bits per heavy atom. The van der Waals surface area contributed by atoms with Gasteiger partial charge in [0.1, 0.15) is 11.5 Å². The molecule has 0 saturated carbocycles. The molecule has 0 aliphatic rings. The molecule has 1 unspecified atom stereocenters. The maximum Gasteiger partial charge on any atom is 0.279 e. The summed E-state index contributed by atoms with van der Waals surface area (Å²) in [6, 6.07) is 15.1. The normalized spacial score (nSPS) is 11.2. The van der Waals surface area contributed by atoms with Crippen LogP contribution in [0.1, 0.15) is 34.6 Å². The molecule has 1 heterocycles. The van der Waals surface area contributed by atoms with Crippen molar-refractivity contribution < 1.29 is 23.9 Å². The van der Waals surface area contributed by atoms with E-state index in [0.717, 1.165) is 0 Å².